The zero-order chi connectivity index (χ0) is 13.7. The molecule has 0 aromatic carbocycles. The van der Waals surface area contributed by atoms with E-state index in [-0.39, 0.29) is 5.69 Å². The number of hydrogen-bond acceptors (Lipinski definition) is 3. The Hall–Kier alpha value is -2.11. The van der Waals surface area contributed by atoms with Crippen molar-refractivity contribution in [1.82, 2.24) is 15.1 Å². The molecule has 6 heteroatoms. The molecule has 0 spiro atoms. The van der Waals surface area contributed by atoms with Gasteiger partial charge in [0.25, 0.3) is 5.91 Å². The van der Waals surface area contributed by atoms with Crippen LogP contribution in [-0.4, -0.2) is 32.8 Å². The molecule has 18 heavy (non-hydrogen) atoms. The van der Waals surface area contributed by atoms with Crippen LogP contribution in [0.4, 0.5) is 0 Å². The second kappa shape index (κ2) is 6.00. The highest BCUT2D eigenvalue weighted by Gasteiger charge is 2.21. The van der Waals surface area contributed by atoms with E-state index in [0.717, 1.165) is 5.69 Å². The van der Waals surface area contributed by atoms with E-state index >= 15 is 0 Å². The van der Waals surface area contributed by atoms with Crippen molar-refractivity contribution in [2.75, 3.05) is 0 Å². The Morgan fingerprint density at radius 1 is 1.67 bits per heavy atom. The number of amides is 1. The van der Waals surface area contributed by atoms with Crippen LogP contribution in [0.5, 0.6) is 0 Å². The van der Waals surface area contributed by atoms with Gasteiger partial charge in [-0.05, 0) is 25.8 Å². The summed E-state index contributed by atoms with van der Waals surface area (Å²) in [6.07, 6.45) is 2.46. The third kappa shape index (κ3) is 3.44. The lowest BCUT2D eigenvalue weighted by Crippen LogP contribution is -2.40. The highest BCUT2D eigenvalue weighted by molar-refractivity contribution is 5.95. The van der Waals surface area contributed by atoms with Crippen LogP contribution in [0.1, 0.15) is 29.0 Å². The summed E-state index contributed by atoms with van der Waals surface area (Å²) in [4.78, 5) is 22.8. The number of hydrogen-bond donors (Lipinski definition) is 2. The fraction of sp³-hybridized carbons (Fsp3) is 0.417. The van der Waals surface area contributed by atoms with Gasteiger partial charge < -0.3 is 10.4 Å². The largest absolute Gasteiger partial charge is 0.480 e. The first-order valence-corrected chi connectivity index (χ1v) is 5.61. The van der Waals surface area contributed by atoms with Crippen molar-refractivity contribution in [2.45, 2.75) is 25.8 Å². The minimum atomic E-state index is -1.06. The lowest BCUT2D eigenvalue weighted by atomic mass is 10.1. The van der Waals surface area contributed by atoms with Gasteiger partial charge in [0.15, 0.2) is 0 Å². The highest BCUT2D eigenvalue weighted by atomic mass is 16.4. The summed E-state index contributed by atoms with van der Waals surface area (Å²) in [5, 5.41) is 15.4. The zero-order valence-corrected chi connectivity index (χ0v) is 10.5. The summed E-state index contributed by atoms with van der Waals surface area (Å²) in [6.45, 7) is 5.34. The van der Waals surface area contributed by atoms with Gasteiger partial charge in [0.05, 0.1) is 0 Å². The van der Waals surface area contributed by atoms with Crippen molar-refractivity contribution in [3.05, 3.63) is 30.1 Å². The van der Waals surface area contributed by atoms with E-state index in [9.17, 15) is 9.59 Å². The smallest absolute Gasteiger partial charge is 0.326 e. The van der Waals surface area contributed by atoms with E-state index in [4.69, 9.17) is 5.11 Å². The van der Waals surface area contributed by atoms with Crippen LogP contribution in [0.3, 0.4) is 0 Å². The Kier molecular flexibility index (Phi) is 4.65. The van der Waals surface area contributed by atoms with Crippen LogP contribution >= 0.6 is 0 Å². The quantitative estimate of drug-likeness (QED) is 0.735. The standard InChI is InChI=1S/C12H17N3O3/c1-4-5-6-9(12(17)18)13-11(16)10-7-8(2)15(3)14-10/h4,7,9H,1,5-6H2,2-3H3,(H,13,16)(H,17,18). The molecule has 1 unspecified atom stereocenters. The summed E-state index contributed by atoms with van der Waals surface area (Å²) < 4.78 is 1.56. The average molecular weight is 251 g/mol. The summed E-state index contributed by atoms with van der Waals surface area (Å²) in [5.74, 6) is -1.53. The fourth-order valence-electron chi connectivity index (χ4n) is 1.45. The van der Waals surface area contributed by atoms with Gasteiger partial charge in [0.2, 0.25) is 0 Å². The lowest BCUT2D eigenvalue weighted by molar-refractivity contribution is -0.139. The number of aryl methyl sites for hydroxylation is 2. The highest BCUT2D eigenvalue weighted by Crippen LogP contribution is 2.04. The number of carboxylic acid groups (broad SMARTS) is 1. The van der Waals surface area contributed by atoms with E-state index in [1.165, 1.54) is 0 Å². The number of carbonyl (C=O) groups excluding carboxylic acids is 1. The number of nitrogens with one attached hydrogen (secondary N) is 1. The molecule has 0 saturated carbocycles. The van der Waals surface area contributed by atoms with E-state index in [1.54, 1.807) is 23.9 Å². The van der Waals surface area contributed by atoms with Crippen LogP contribution < -0.4 is 5.32 Å². The number of nitrogens with zero attached hydrogens (tertiary/aromatic N) is 2. The second-order valence-electron chi connectivity index (χ2n) is 4.02. The van der Waals surface area contributed by atoms with Crippen LogP contribution in [-0.2, 0) is 11.8 Å². The molecule has 1 rings (SSSR count). The van der Waals surface area contributed by atoms with Gasteiger partial charge >= 0.3 is 5.97 Å². The summed E-state index contributed by atoms with van der Waals surface area (Å²) in [7, 11) is 1.72. The Morgan fingerprint density at radius 2 is 2.33 bits per heavy atom. The first kappa shape index (κ1) is 14.0. The molecular weight excluding hydrogens is 234 g/mol. The van der Waals surface area contributed by atoms with Crippen LogP contribution in [0.15, 0.2) is 18.7 Å². The number of aromatic nitrogens is 2. The molecule has 98 valence electrons. The van der Waals surface area contributed by atoms with E-state index in [1.807, 2.05) is 6.92 Å². The van der Waals surface area contributed by atoms with Crippen molar-refractivity contribution in [3.8, 4) is 0 Å². The van der Waals surface area contributed by atoms with Crippen molar-refractivity contribution < 1.29 is 14.7 Å². The molecule has 0 aliphatic carbocycles. The average Bonchev–Trinajstić information content (AvgIpc) is 2.64. The molecule has 1 amide bonds. The zero-order valence-electron chi connectivity index (χ0n) is 10.5. The molecule has 1 aromatic rings. The normalized spacial score (nSPS) is 11.9. The van der Waals surface area contributed by atoms with Crippen molar-refractivity contribution in [3.63, 3.8) is 0 Å². The van der Waals surface area contributed by atoms with Gasteiger partial charge in [-0.2, -0.15) is 5.10 Å². The second-order valence-corrected chi connectivity index (χ2v) is 4.02. The molecule has 6 nitrogen and oxygen atoms in total. The first-order chi connectivity index (χ1) is 8.45. The van der Waals surface area contributed by atoms with Crippen molar-refractivity contribution in [1.29, 1.82) is 0 Å². The van der Waals surface area contributed by atoms with Gasteiger partial charge in [0, 0.05) is 12.7 Å². The molecule has 1 heterocycles. The van der Waals surface area contributed by atoms with Crippen molar-refractivity contribution >= 4 is 11.9 Å². The maximum absolute atomic E-state index is 11.8. The van der Waals surface area contributed by atoms with Gasteiger partial charge in [-0.3, -0.25) is 9.48 Å². The van der Waals surface area contributed by atoms with E-state index < -0.39 is 17.9 Å². The Morgan fingerprint density at radius 3 is 2.78 bits per heavy atom. The molecule has 0 fully saturated rings. The maximum atomic E-state index is 11.8. The van der Waals surface area contributed by atoms with E-state index in [2.05, 4.69) is 17.0 Å². The molecular formula is C12H17N3O3. The molecule has 1 atom stereocenters. The molecule has 0 saturated heterocycles. The molecule has 2 N–H and O–H groups in total. The lowest BCUT2D eigenvalue weighted by Gasteiger charge is -2.12. The fourth-order valence-corrected chi connectivity index (χ4v) is 1.45. The van der Waals surface area contributed by atoms with Gasteiger partial charge in [-0.15, -0.1) is 6.58 Å². The predicted molar refractivity (Wildman–Crippen MR) is 66.3 cm³/mol. The molecule has 0 bridgehead atoms. The summed E-state index contributed by atoms with van der Waals surface area (Å²) >= 11 is 0. The number of carboxylic acids is 1. The Labute approximate surface area is 105 Å². The van der Waals surface area contributed by atoms with Crippen LogP contribution in [0, 0.1) is 6.92 Å². The molecule has 0 aliphatic heterocycles. The summed E-state index contributed by atoms with van der Waals surface area (Å²) in [5.41, 5.74) is 1.05. The maximum Gasteiger partial charge on any atom is 0.326 e. The monoisotopic (exact) mass is 251 g/mol. The number of aliphatic carboxylic acids is 1. The van der Waals surface area contributed by atoms with E-state index in [0.29, 0.717) is 12.8 Å². The SMILES string of the molecule is C=CCCC(NC(=O)c1cc(C)n(C)n1)C(=O)O. The van der Waals surface area contributed by atoms with Gasteiger partial charge in [-0.25, -0.2) is 4.79 Å². The molecule has 0 aliphatic rings. The molecule has 1 aromatic heterocycles. The van der Waals surface area contributed by atoms with Gasteiger partial charge in [-0.1, -0.05) is 6.08 Å². The van der Waals surface area contributed by atoms with Crippen LogP contribution in [0.25, 0.3) is 0 Å². The Balaban J connectivity index is 2.71. The third-order valence-electron chi connectivity index (χ3n) is 2.61. The van der Waals surface area contributed by atoms with Crippen molar-refractivity contribution in [2.24, 2.45) is 7.05 Å². The minimum Gasteiger partial charge on any atom is -0.480 e. The summed E-state index contributed by atoms with van der Waals surface area (Å²) in [6, 6.07) is 0.694. The van der Waals surface area contributed by atoms with Gasteiger partial charge in [0.1, 0.15) is 11.7 Å². The van der Waals surface area contributed by atoms with Crippen LogP contribution in [0.2, 0.25) is 0 Å². The molecule has 0 radical (unpaired) electrons. The predicted octanol–water partition coefficient (Wildman–Crippen LogP) is 0.878. The third-order valence-corrected chi connectivity index (χ3v) is 2.61. The minimum absolute atomic E-state index is 0.222. The Bertz CT molecular complexity index is 446. The number of rotatable bonds is 6. The number of allylic oxidation sites excluding steroid dienone is 1. The number of carbonyl (C=O) groups is 2. The first-order valence-electron chi connectivity index (χ1n) is 5.61. The topological polar surface area (TPSA) is 84.2 Å².